The summed E-state index contributed by atoms with van der Waals surface area (Å²) in [6.07, 6.45) is -1.02. The van der Waals surface area contributed by atoms with Gasteiger partial charge >= 0.3 is 7.60 Å². The summed E-state index contributed by atoms with van der Waals surface area (Å²) in [5, 5.41) is 8.47. The summed E-state index contributed by atoms with van der Waals surface area (Å²) in [6, 6.07) is 0. The summed E-state index contributed by atoms with van der Waals surface area (Å²) in [4.78, 5) is 26.9. The summed E-state index contributed by atoms with van der Waals surface area (Å²) in [5.41, 5.74) is 4.79. The van der Waals surface area contributed by atoms with Gasteiger partial charge in [-0.3, -0.25) is 14.6 Å². The highest BCUT2D eigenvalue weighted by Crippen LogP contribution is 2.34. The lowest BCUT2D eigenvalue weighted by Gasteiger charge is -2.13. The minimum atomic E-state index is -4.39. The second kappa shape index (κ2) is 5.47. The molecule has 0 aromatic carbocycles. The highest BCUT2D eigenvalue weighted by Gasteiger charge is 2.20. The molecule has 0 saturated carbocycles. The lowest BCUT2D eigenvalue weighted by atomic mass is 10.6. The van der Waals surface area contributed by atoms with Crippen LogP contribution in [-0.4, -0.2) is 38.8 Å². The maximum atomic E-state index is 10.4. The Hall–Kier alpha value is -0.170. The Morgan fingerprint density at radius 3 is 2.17 bits per heavy atom. The zero-order valence-electron chi connectivity index (χ0n) is 5.95. The normalized spacial score (nSPS) is 10.3. The summed E-state index contributed by atoms with van der Waals surface area (Å²) in [5.74, 6) is -0.937. The number of carbonyl (C=O) groups excluding carboxylic acids is 1. The second-order valence-corrected chi connectivity index (χ2v) is 3.42. The van der Waals surface area contributed by atoms with Crippen LogP contribution in [-0.2, 0) is 9.36 Å². The molecule has 0 atom stereocenters. The number of nitrogens with zero attached hydrogens (tertiary/aromatic N) is 1. The third kappa shape index (κ3) is 6.53. The average Bonchev–Trinajstić information content (AvgIpc) is 1.82. The molecule has 0 rings (SSSR count). The van der Waals surface area contributed by atoms with Crippen LogP contribution in [0.2, 0.25) is 0 Å². The van der Waals surface area contributed by atoms with Crippen molar-refractivity contribution in [3.63, 3.8) is 0 Å². The molecule has 0 unspecified atom stereocenters. The zero-order chi connectivity index (χ0) is 9.07. The molecule has 0 bridgehead atoms. The minimum Gasteiger partial charge on any atom is -0.323 e. The SMILES string of the molecule is Cl.NCC(=O)N(O)CP(=O)(O)O. The molecule has 1 amide bonds. The molecular formula is C3H10ClN2O5P. The Kier molecular flexibility index (Phi) is 6.55. The summed E-state index contributed by atoms with van der Waals surface area (Å²) < 4.78 is 10.2. The predicted octanol–water partition coefficient (Wildman–Crippen LogP) is -1.28. The van der Waals surface area contributed by atoms with Gasteiger partial charge < -0.3 is 15.5 Å². The van der Waals surface area contributed by atoms with Crippen LogP contribution >= 0.6 is 20.0 Å². The van der Waals surface area contributed by atoms with E-state index in [1.54, 1.807) is 0 Å². The Balaban J connectivity index is 0. The third-order valence-electron chi connectivity index (χ3n) is 0.781. The van der Waals surface area contributed by atoms with Crippen LogP contribution < -0.4 is 5.73 Å². The maximum Gasteiger partial charge on any atom is 0.347 e. The van der Waals surface area contributed by atoms with Crippen LogP contribution in [0.25, 0.3) is 0 Å². The Labute approximate surface area is 74.7 Å². The molecule has 0 heterocycles. The van der Waals surface area contributed by atoms with Crippen molar-refractivity contribution in [2.24, 2.45) is 5.73 Å². The van der Waals surface area contributed by atoms with Crippen molar-refractivity contribution in [2.75, 3.05) is 12.8 Å². The first-order valence-electron chi connectivity index (χ1n) is 2.60. The molecule has 0 aliphatic carbocycles. The van der Waals surface area contributed by atoms with Gasteiger partial charge in [0, 0.05) is 0 Å². The van der Waals surface area contributed by atoms with Crippen molar-refractivity contribution in [1.29, 1.82) is 0 Å². The first-order valence-corrected chi connectivity index (χ1v) is 4.40. The Morgan fingerprint density at radius 2 is 1.92 bits per heavy atom. The predicted molar refractivity (Wildman–Crippen MR) is 41.8 cm³/mol. The topological polar surface area (TPSA) is 124 Å². The lowest BCUT2D eigenvalue weighted by Crippen LogP contribution is -2.33. The third-order valence-corrected chi connectivity index (χ3v) is 1.42. The molecule has 0 spiro atoms. The second-order valence-electron chi connectivity index (χ2n) is 1.80. The molecule has 5 N–H and O–H groups in total. The first-order chi connectivity index (χ1) is 4.87. The summed E-state index contributed by atoms with van der Waals surface area (Å²) in [6.45, 7) is -0.490. The van der Waals surface area contributed by atoms with Crippen molar-refractivity contribution in [1.82, 2.24) is 5.06 Å². The van der Waals surface area contributed by atoms with Crippen LogP contribution in [0.4, 0.5) is 0 Å². The molecule has 9 heteroatoms. The first kappa shape index (κ1) is 14.4. The van der Waals surface area contributed by atoms with Crippen molar-refractivity contribution in [3.05, 3.63) is 0 Å². The molecule has 0 aromatic rings. The van der Waals surface area contributed by atoms with Gasteiger partial charge in [-0.05, 0) is 0 Å². The molecule has 0 aromatic heterocycles. The van der Waals surface area contributed by atoms with Gasteiger partial charge in [-0.2, -0.15) is 0 Å². The standard InChI is InChI=1S/C3H9N2O5P.ClH/c4-1-3(6)5(7)2-11(8,9)10;/h7H,1-2,4H2,(H2,8,9,10);1H. The van der Waals surface area contributed by atoms with E-state index in [2.05, 4.69) is 0 Å². The number of hydrogen-bond acceptors (Lipinski definition) is 4. The van der Waals surface area contributed by atoms with E-state index in [0.29, 0.717) is 0 Å². The molecule has 0 aliphatic rings. The quantitative estimate of drug-likeness (QED) is 0.267. The van der Waals surface area contributed by atoms with E-state index in [1.165, 1.54) is 0 Å². The van der Waals surface area contributed by atoms with Gasteiger partial charge in [-0.15, -0.1) is 12.4 Å². The van der Waals surface area contributed by atoms with Crippen molar-refractivity contribution >= 4 is 25.9 Å². The van der Waals surface area contributed by atoms with Gasteiger partial charge in [0.25, 0.3) is 5.91 Å². The molecule has 0 aliphatic heterocycles. The van der Waals surface area contributed by atoms with E-state index < -0.39 is 26.3 Å². The van der Waals surface area contributed by atoms with Gasteiger partial charge in [-0.25, -0.2) is 5.06 Å². The van der Waals surface area contributed by atoms with E-state index in [4.69, 9.17) is 20.7 Å². The van der Waals surface area contributed by atoms with E-state index in [-0.39, 0.29) is 17.5 Å². The van der Waals surface area contributed by atoms with Crippen molar-refractivity contribution in [3.8, 4) is 0 Å². The number of hydroxylamine groups is 2. The molecular weight excluding hydrogens is 210 g/mol. The number of amides is 1. The van der Waals surface area contributed by atoms with Crippen LogP contribution in [0, 0.1) is 0 Å². The molecule has 74 valence electrons. The monoisotopic (exact) mass is 220 g/mol. The molecule has 0 radical (unpaired) electrons. The Morgan fingerprint density at radius 1 is 1.50 bits per heavy atom. The molecule has 7 nitrogen and oxygen atoms in total. The van der Waals surface area contributed by atoms with Crippen molar-refractivity contribution < 1.29 is 24.4 Å². The molecule has 12 heavy (non-hydrogen) atoms. The average molecular weight is 221 g/mol. The Bertz CT molecular complexity index is 193. The summed E-state index contributed by atoms with van der Waals surface area (Å²) >= 11 is 0. The fraction of sp³-hybridized carbons (Fsp3) is 0.667. The summed E-state index contributed by atoms with van der Waals surface area (Å²) in [7, 11) is -4.39. The lowest BCUT2D eigenvalue weighted by molar-refractivity contribution is -0.160. The maximum absolute atomic E-state index is 10.4. The van der Waals surface area contributed by atoms with Crippen molar-refractivity contribution in [2.45, 2.75) is 0 Å². The van der Waals surface area contributed by atoms with Crippen LogP contribution in [0.5, 0.6) is 0 Å². The number of nitrogens with two attached hydrogens (primary N) is 1. The van der Waals surface area contributed by atoms with E-state index in [1.807, 2.05) is 0 Å². The highest BCUT2D eigenvalue weighted by atomic mass is 35.5. The molecule has 0 fully saturated rings. The number of halogens is 1. The van der Waals surface area contributed by atoms with Gasteiger partial charge in [0.15, 0.2) is 0 Å². The van der Waals surface area contributed by atoms with E-state index in [0.717, 1.165) is 0 Å². The molecule has 0 saturated heterocycles. The van der Waals surface area contributed by atoms with Gasteiger partial charge in [0.1, 0.15) is 6.29 Å². The highest BCUT2D eigenvalue weighted by molar-refractivity contribution is 7.51. The van der Waals surface area contributed by atoms with Gasteiger partial charge in [-0.1, -0.05) is 0 Å². The fourth-order valence-electron chi connectivity index (χ4n) is 0.359. The fourth-order valence-corrected chi connectivity index (χ4v) is 0.865. The zero-order valence-corrected chi connectivity index (χ0v) is 7.66. The van der Waals surface area contributed by atoms with Crippen LogP contribution in [0.3, 0.4) is 0 Å². The van der Waals surface area contributed by atoms with E-state index in [9.17, 15) is 9.36 Å². The van der Waals surface area contributed by atoms with E-state index >= 15 is 0 Å². The van der Waals surface area contributed by atoms with Gasteiger partial charge in [0.05, 0.1) is 6.54 Å². The minimum absolute atomic E-state index is 0. The number of hydrogen-bond donors (Lipinski definition) is 4. The van der Waals surface area contributed by atoms with Gasteiger partial charge in [0.2, 0.25) is 0 Å². The number of carbonyl (C=O) groups is 1. The van der Waals surface area contributed by atoms with Crippen LogP contribution in [0.1, 0.15) is 0 Å². The smallest absolute Gasteiger partial charge is 0.323 e. The number of rotatable bonds is 3. The van der Waals surface area contributed by atoms with Crippen LogP contribution in [0.15, 0.2) is 0 Å². The largest absolute Gasteiger partial charge is 0.347 e.